The number of benzene rings is 1. The van der Waals surface area contributed by atoms with Crippen molar-refractivity contribution in [3.63, 3.8) is 0 Å². The minimum absolute atomic E-state index is 0.00897. The molecule has 0 aromatic heterocycles. The van der Waals surface area contributed by atoms with E-state index in [1.165, 1.54) is 31.3 Å². The summed E-state index contributed by atoms with van der Waals surface area (Å²) in [7, 11) is 0. The van der Waals surface area contributed by atoms with Crippen molar-refractivity contribution in [1.29, 1.82) is 0 Å². The Balaban J connectivity index is 1.87. The van der Waals surface area contributed by atoms with Crippen LogP contribution in [0.2, 0.25) is 0 Å². The summed E-state index contributed by atoms with van der Waals surface area (Å²) in [6, 6.07) is 7.94. The molecular weight excluding hydrogens is 324 g/mol. The highest BCUT2D eigenvalue weighted by molar-refractivity contribution is 5.93. The van der Waals surface area contributed by atoms with Gasteiger partial charge in [-0.2, -0.15) is 0 Å². The maximum absolute atomic E-state index is 12.2. The van der Waals surface area contributed by atoms with Gasteiger partial charge in [-0.25, -0.2) is 0 Å². The highest BCUT2D eigenvalue weighted by atomic mass is 16.2. The summed E-state index contributed by atoms with van der Waals surface area (Å²) in [6.07, 6.45) is 8.47. The monoisotopic (exact) mass is 356 g/mol. The number of carbonyl (C=O) groups excluding carboxylic acids is 2. The lowest BCUT2D eigenvalue weighted by atomic mass is 9.97. The van der Waals surface area contributed by atoms with E-state index in [0.717, 1.165) is 17.7 Å². The van der Waals surface area contributed by atoms with Gasteiger partial charge in [0.25, 0.3) is 0 Å². The molecule has 142 valence electrons. The average molecular weight is 357 g/mol. The van der Waals surface area contributed by atoms with Crippen molar-refractivity contribution in [2.75, 3.05) is 18.0 Å². The molecule has 1 aliphatic rings. The summed E-state index contributed by atoms with van der Waals surface area (Å²) < 4.78 is 0. The molecule has 0 fully saturated rings. The predicted molar refractivity (Wildman–Crippen MR) is 107 cm³/mol. The zero-order valence-corrected chi connectivity index (χ0v) is 16.4. The van der Waals surface area contributed by atoms with Crippen molar-refractivity contribution in [2.24, 2.45) is 0 Å². The first-order chi connectivity index (χ1) is 12.5. The number of nitrogens with zero attached hydrogens (tertiary/aromatic N) is 1. The minimum atomic E-state index is -0.0294. The van der Waals surface area contributed by atoms with Gasteiger partial charge >= 0.3 is 0 Å². The molecule has 2 rings (SSSR count). The number of allylic oxidation sites excluding steroid dienone is 1. The van der Waals surface area contributed by atoms with Crippen molar-refractivity contribution < 1.29 is 9.59 Å². The number of carbonyl (C=O) groups is 2. The highest BCUT2D eigenvalue weighted by Gasteiger charge is 2.17. The predicted octanol–water partition coefficient (Wildman–Crippen LogP) is 4.56. The Labute approximate surface area is 157 Å². The molecule has 1 aromatic carbocycles. The topological polar surface area (TPSA) is 49.4 Å². The second kappa shape index (κ2) is 10.1. The number of amides is 2. The Kier molecular flexibility index (Phi) is 7.89. The average Bonchev–Trinajstić information content (AvgIpc) is 2.63. The molecule has 26 heavy (non-hydrogen) atoms. The molecule has 0 bridgehead atoms. The van der Waals surface area contributed by atoms with Gasteiger partial charge in [0.05, 0.1) is 0 Å². The fourth-order valence-corrected chi connectivity index (χ4v) is 3.47. The van der Waals surface area contributed by atoms with Crippen LogP contribution in [0, 0.1) is 0 Å². The lowest BCUT2D eigenvalue weighted by Gasteiger charge is -2.25. The first-order valence-electron chi connectivity index (χ1n) is 9.80. The quantitative estimate of drug-likeness (QED) is 0.694. The SMILES string of the molecule is CC(=O)N(CCC(=O)NCCC1=CCCCC1)c1ccccc1C(C)C. The van der Waals surface area contributed by atoms with Gasteiger partial charge in [-0.15, -0.1) is 0 Å². The Morgan fingerprint density at radius 2 is 1.96 bits per heavy atom. The minimum Gasteiger partial charge on any atom is -0.356 e. The van der Waals surface area contributed by atoms with Crippen molar-refractivity contribution in [3.05, 3.63) is 41.5 Å². The molecule has 0 heterocycles. The molecule has 4 heteroatoms. The van der Waals surface area contributed by atoms with E-state index in [1.807, 2.05) is 24.3 Å². The van der Waals surface area contributed by atoms with E-state index >= 15 is 0 Å². The first kappa shape index (κ1) is 20.2. The normalized spacial score (nSPS) is 14.1. The maximum atomic E-state index is 12.2. The van der Waals surface area contributed by atoms with Crippen LogP contribution in [-0.4, -0.2) is 24.9 Å². The van der Waals surface area contributed by atoms with E-state index in [0.29, 0.717) is 25.4 Å². The smallest absolute Gasteiger partial charge is 0.223 e. The van der Waals surface area contributed by atoms with E-state index in [-0.39, 0.29) is 11.8 Å². The zero-order chi connectivity index (χ0) is 18.9. The second-order valence-corrected chi connectivity index (χ2v) is 7.34. The zero-order valence-electron chi connectivity index (χ0n) is 16.4. The van der Waals surface area contributed by atoms with Gasteiger partial charge in [0.15, 0.2) is 0 Å². The lowest BCUT2D eigenvalue weighted by molar-refractivity contribution is -0.121. The van der Waals surface area contributed by atoms with Crippen LogP contribution in [0.5, 0.6) is 0 Å². The molecule has 0 saturated heterocycles. The summed E-state index contributed by atoms with van der Waals surface area (Å²) in [5.41, 5.74) is 3.51. The summed E-state index contributed by atoms with van der Waals surface area (Å²) in [6.45, 7) is 6.89. The number of rotatable bonds is 8. The Morgan fingerprint density at radius 1 is 1.19 bits per heavy atom. The van der Waals surface area contributed by atoms with E-state index in [9.17, 15) is 9.59 Å². The molecule has 4 nitrogen and oxygen atoms in total. The summed E-state index contributed by atoms with van der Waals surface area (Å²) in [5.74, 6) is 0.304. The van der Waals surface area contributed by atoms with E-state index < -0.39 is 0 Å². The fraction of sp³-hybridized carbons (Fsp3) is 0.545. The molecule has 2 amide bonds. The molecular formula is C22H32N2O2. The van der Waals surface area contributed by atoms with Crippen LogP contribution in [0.4, 0.5) is 5.69 Å². The third-order valence-corrected chi connectivity index (χ3v) is 4.95. The first-order valence-corrected chi connectivity index (χ1v) is 9.80. The maximum Gasteiger partial charge on any atom is 0.223 e. The van der Waals surface area contributed by atoms with Gasteiger partial charge in [0, 0.05) is 32.1 Å². The second-order valence-electron chi connectivity index (χ2n) is 7.34. The van der Waals surface area contributed by atoms with Crippen LogP contribution < -0.4 is 10.2 Å². The molecule has 0 saturated carbocycles. The summed E-state index contributed by atoms with van der Waals surface area (Å²) in [5, 5.41) is 3.00. The van der Waals surface area contributed by atoms with E-state index in [2.05, 4.69) is 25.2 Å². The third kappa shape index (κ3) is 6.01. The van der Waals surface area contributed by atoms with Gasteiger partial charge in [-0.05, 0) is 49.7 Å². The van der Waals surface area contributed by atoms with Crippen LogP contribution in [0.25, 0.3) is 0 Å². The molecule has 0 atom stereocenters. The molecule has 0 spiro atoms. The Bertz CT molecular complexity index is 649. The highest BCUT2D eigenvalue weighted by Crippen LogP contribution is 2.27. The molecule has 1 aromatic rings. The van der Waals surface area contributed by atoms with Gasteiger partial charge < -0.3 is 10.2 Å². The Morgan fingerprint density at radius 3 is 2.62 bits per heavy atom. The fourth-order valence-electron chi connectivity index (χ4n) is 3.47. The van der Waals surface area contributed by atoms with E-state index in [4.69, 9.17) is 0 Å². The van der Waals surface area contributed by atoms with Gasteiger partial charge in [0.2, 0.25) is 11.8 Å². The van der Waals surface area contributed by atoms with E-state index in [1.54, 1.807) is 11.8 Å². The molecule has 0 unspecified atom stereocenters. The Hall–Kier alpha value is -2.10. The summed E-state index contributed by atoms with van der Waals surface area (Å²) >= 11 is 0. The van der Waals surface area contributed by atoms with Crippen molar-refractivity contribution >= 4 is 17.5 Å². The standard InChI is InChI=1S/C22H32N2O2/c1-17(2)20-11-7-8-12-21(20)24(18(3)25)16-14-22(26)23-15-13-19-9-5-4-6-10-19/h7-9,11-12,17H,4-6,10,13-16H2,1-3H3,(H,23,26). The number of nitrogens with one attached hydrogen (secondary N) is 1. The lowest BCUT2D eigenvalue weighted by Crippen LogP contribution is -2.34. The molecule has 1 aliphatic carbocycles. The van der Waals surface area contributed by atoms with Gasteiger partial charge in [-0.3, -0.25) is 9.59 Å². The number of para-hydroxylation sites is 1. The number of anilines is 1. The van der Waals surface area contributed by atoms with Crippen molar-refractivity contribution in [1.82, 2.24) is 5.32 Å². The number of hydrogen-bond donors (Lipinski definition) is 1. The van der Waals surface area contributed by atoms with Gasteiger partial charge in [-0.1, -0.05) is 43.7 Å². The van der Waals surface area contributed by atoms with Crippen LogP contribution in [-0.2, 0) is 9.59 Å². The van der Waals surface area contributed by atoms with Crippen molar-refractivity contribution in [2.45, 2.75) is 65.2 Å². The van der Waals surface area contributed by atoms with Crippen LogP contribution in [0.15, 0.2) is 35.9 Å². The summed E-state index contributed by atoms with van der Waals surface area (Å²) in [4.78, 5) is 26.1. The third-order valence-electron chi connectivity index (χ3n) is 4.95. The van der Waals surface area contributed by atoms with Crippen LogP contribution in [0.3, 0.4) is 0 Å². The molecule has 0 aliphatic heterocycles. The van der Waals surface area contributed by atoms with Crippen molar-refractivity contribution in [3.8, 4) is 0 Å². The molecule has 1 N–H and O–H groups in total. The van der Waals surface area contributed by atoms with Gasteiger partial charge in [0.1, 0.15) is 0 Å². The molecule has 0 radical (unpaired) electrons. The van der Waals surface area contributed by atoms with Crippen LogP contribution >= 0.6 is 0 Å². The van der Waals surface area contributed by atoms with Crippen LogP contribution in [0.1, 0.15) is 70.8 Å². The number of hydrogen-bond acceptors (Lipinski definition) is 2. The largest absolute Gasteiger partial charge is 0.356 e.